The molecule has 0 aromatic carbocycles. The summed E-state index contributed by atoms with van der Waals surface area (Å²) in [6.07, 6.45) is 5.59. The number of piperazine rings is 1. The van der Waals surface area contributed by atoms with Gasteiger partial charge >= 0.3 is 0 Å². The van der Waals surface area contributed by atoms with Crippen molar-refractivity contribution in [3.63, 3.8) is 0 Å². The Morgan fingerprint density at radius 2 is 2.12 bits per heavy atom. The van der Waals surface area contributed by atoms with Crippen LogP contribution in [-0.4, -0.2) is 61.2 Å². The summed E-state index contributed by atoms with van der Waals surface area (Å²) in [6, 6.07) is 1.62. The molecule has 2 unspecified atom stereocenters. The zero-order chi connectivity index (χ0) is 12.1. The molecule has 2 saturated heterocycles. The third-order valence-corrected chi connectivity index (χ3v) is 4.37. The van der Waals surface area contributed by atoms with Crippen LogP contribution in [0, 0.1) is 0 Å². The van der Waals surface area contributed by atoms with Crippen LogP contribution < -0.4 is 5.32 Å². The maximum Gasteiger partial charge on any atom is 0.0223 e. The van der Waals surface area contributed by atoms with Gasteiger partial charge in [0, 0.05) is 25.2 Å². The quantitative estimate of drug-likeness (QED) is 0.734. The summed E-state index contributed by atoms with van der Waals surface area (Å²) in [7, 11) is 0. The average Bonchev–Trinajstić information content (AvgIpc) is 2.35. The lowest BCUT2D eigenvalue weighted by Gasteiger charge is -2.47. The van der Waals surface area contributed by atoms with Gasteiger partial charge in [-0.1, -0.05) is 13.3 Å². The first-order valence-electron chi connectivity index (χ1n) is 7.50. The fraction of sp³-hybridized carbons (Fsp3) is 1.00. The molecule has 0 saturated carbocycles. The molecule has 17 heavy (non-hydrogen) atoms. The van der Waals surface area contributed by atoms with Gasteiger partial charge in [-0.05, 0) is 52.4 Å². The van der Waals surface area contributed by atoms with Crippen LogP contribution in [0.1, 0.15) is 39.5 Å². The van der Waals surface area contributed by atoms with E-state index in [1.807, 2.05) is 0 Å². The van der Waals surface area contributed by atoms with Crippen LogP contribution in [-0.2, 0) is 0 Å². The first-order chi connectivity index (χ1) is 8.31. The molecule has 100 valence electrons. The molecular formula is C14H29N3. The van der Waals surface area contributed by atoms with Crippen molar-refractivity contribution in [2.24, 2.45) is 0 Å². The van der Waals surface area contributed by atoms with E-state index in [1.165, 1.54) is 58.4 Å². The molecule has 2 aliphatic rings. The standard InChI is InChI=1S/C14H29N3/c1-3-15-8-6-10-16-12-14-7-4-5-9-17(14)11-13(16)2/h13-15H,3-12H2,1-2H3. The highest BCUT2D eigenvalue weighted by Crippen LogP contribution is 2.23. The minimum atomic E-state index is 0.756. The number of hydrogen-bond acceptors (Lipinski definition) is 3. The maximum absolute atomic E-state index is 3.42. The van der Waals surface area contributed by atoms with Crippen molar-refractivity contribution >= 4 is 0 Å². The minimum Gasteiger partial charge on any atom is -0.317 e. The summed E-state index contributed by atoms with van der Waals surface area (Å²) in [5.41, 5.74) is 0. The molecule has 3 heteroatoms. The molecule has 3 nitrogen and oxygen atoms in total. The first kappa shape index (κ1) is 13.3. The number of hydrogen-bond donors (Lipinski definition) is 1. The Hall–Kier alpha value is -0.120. The van der Waals surface area contributed by atoms with Gasteiger partial charge in [-0.2, -0.15) is 0 Å². The van der Waals surface area contributed by atoms with Gasteiger partial charge in [0.2, 0.25) is 0 Å². The highest BCUT2D eigenvalue weighted by atomic mass is 15.3. The van der Waals surface area contributed by atoms with Crippen molar-refractivity contribution < 1.29 is 0 Å². The van der Waals surface area contributed by atoms with E-state index in [4.69, 9.17) is 0 Å². The topological polar surface area (TPSA) is 18.5 Å². The van der Waals surface area contributed by atoms with Gasteiger partial charge in [0.25, 0.3) is 0 Å². The van der Waals surface area contributed by atoms with Crippen LogP contribution in [0.4, 0.5) is 0 Å². The minimum absolute atomic E-state index is 0.756. The van der Waals surface area contributed by atoms with Crippen molar-refractivity contribution in [2.75, 3.05) is 39.3 Å². The summed E-state index contributed by atoms with van der Waals surface area (Å²) >= 11 is 0. The molecule has 2 aliphatic heterocycles. The van der Waals surface area contributed by atoms with Crippen LogP contribution in [0.2, 0.25) is 0 Å². The molecule has 2 heterocycles. The predicted molar refractivity (Wildman–Crippen MR) is 73.4 cm³/mol. The Bertz CT molecular complexity index is 220. The lowest BCUT2D eigenvalue weighted by atomic mass is 9.97. The van der Waals surface area contributed by atoms with Crippen LogP contribution in [0.25, 0.3) is 0 Å². The Kier molecular flexibility index (Phi) is 5.26. The number of rotatable bonds is 5. The lowest BCUT2D eigenvalue weighted by molar-refractivity contribution is 0.0150. The zero-order valence-electron chi connectivity index (χ0n) is 11.6. The SMILES string of the molecule is CCNCCCN1CC2CCCCN2CC1C. The normalized spacial score (nSPS) is 31.4. The van der Waals surface area contributed by atoms with E-state index in [0.29, 0.717) is 0 Å². The van der Waals surface area contributed by atoms with Gasteiger partial charge in [-0.15, -0.1) is 0 Å². The van der Waals surface area contributed by atoms with Crippen LogP contribution in [0.5, 0.6) is 0 Å². The predicted octanol–water partition coefficient (Wildman–Crippen LogP) is 1.54. The van der Waals surface area contributed by atoms with Gasteiger partial charge in [-0.25, -0.2) is 0 Å². The molecule has 0 amide bonds. The highest BCUT2D eigenvalue weighted by molar-refractivity contribution is 4.88. The van der Waals surface area contributed by atoms with Gasteiger partial charge < -0.3 is 5.32 Å². The van der Waals surface area contributed by atoms with Crippen molar-refractivity contribution in [3.8, 4) is 0 Å². The van der Waals surface area contributed by atoms with Gasteiger partial charge in [-0.3, -0.25) is 9.80 Å². The number of fused-ring (bicyclic) bond motifs is 1. The maximum atomic E-state index is 3.42. The summed E-state index contributed by atoms with van der Waals surface area (Å²) in [5.74, 6) is 0. The molecule has 0 aromatic rings. The van der Waals surface area contributed by atoms with E-state index in [-0.39, 0.29) is 0 Å². The summed E-state index contributed by atoms with van der Waals surface area (Å²) < 4.78 is 0. The van der Waals surface area contributed by atoms with E-state index in [0.717, 1.165) is 18.6 Å². The molecule has 2 rings (SSSR count). The fourth-order valence-corrected chi connectivity index (χ4v) is 3.31. The first-order valence-corrected chi connectivity index (χ1v) is 7.50. The summed E-state index contributed by atoms with van der Waals surface area (Å²) in [4.78, 5) is 5.44. The summed E-state index contributed by atoms with van der Waals surface area (Å²) in [5, 5.41) is 3.42. The smallest absolute Gasteiger partial charge is 0.0223 e. The van der Waals surface area contributed by atoms with Crippen molar-refractivity contribution in [1.82, 2.24) is 15.1 Å². The van der Waals surface area contributed by atoms with Gasteiger partial charge in [0.15, 0.2) is 0 Å². The molecule has 0 aromatic heterocycles. The number of nitrogens with one attached hydrogen (secondary N) is 1. The van der Waals surface area contributed by atoms with E-state index in [9.17, 15) is 0 Å². The van der Waals surface area contributed by atoms with E-state index < -0.39 is 0 Å². The Balaban J connectivity index is 1.74. The molecule has 2 fully saturated rings. The number of nitrogens with zero attached hydrogens (tertiary/aromatic N) is 2. The van der Waals surface area contributed by atoms with Crippen molar-refractivity contribution in [1.29, 1.82) is 0 Å². The van der Waals surface area contributed by atoms with Gasteiger partial charge in [0.05, 0.1) is 0 Å². The Morgan fingerprint density at radius 3 is 2.94 bits per heavy atom. The van der Waals surface area contributed by atoms with Crippen molar-refractivity contribution in [2.45, 2.75) is 51.6 Å². The second kappa shape index (κ2) is 6.72. The largest absolute Gasteiger partial charge is 0.317 e. The monoisotopic (exact) mass is 239 g/mol. The highest BCUT2D eigenvalue weighted by Gasteiger charge is 2.32. The number of piperidine rings is 1. The van der Waals surface area contributed by atoms with Gasteiger partial charge in [0.1, 0.15) is 0 Å². The second-order valence-corrected chi connectivity index (χ2v) is 5.70. The second-order valence-electron chi connectivity index (χ2n) is 5.70. The molecule has 0 spiro atoms. The van der Waals surface area contributed by atoms with Crippen LogP contribution in [0.15, 0.2) is 0 Å². The van der Waals surface area contributed by atoms with Crippen LogP contribution in [0.3, 0.4) is 0 Å². The Morgan fingerprint density at radius 1 is 1.24 bits per heavy atom. The molecule has 0 bridgehead atoms. The average molecular weight is 239 g/mol. The van der Waals surface area contributed by atoms with Crippen LogP contribution >= 0.6 is 0 Å². The molecule has 0 aliphatic carbocycles. The molecule has 0 radical (unpaired) electrons. The Labute approximate surface area is 107 Å². The van der Waals surface area contributed by atoms with E-state index in [1.54, 1.807) is 0 Å². The van der Waals surface area contributed by atoms with Crippen molar-refractivity contribution in [3.05, 3.63) is 0 Å². The fourth-order valence-electron chi connectivity index (χ4n) is 3.31. The van der Waals surface area contributed by atoms with E-state index >= 15 is 0 Å². The summed E-state index contributed by atoms with van der Waals surface area (Å²) in [6.45, 7) is 12.1. The third kappa shape index (κ3) is 3.67. The lowest BCUT2D eigenvalue weighted by Crippen LogP contribution is -2.58. The molecule has 2 atom stereocenters. The molecule has 1 N–H and O–H groups in total. The third-order valence-electron chi connectivity index (χ3n) is 4.37. The van der Waals surface area contributed by atoms with E-state index in [2.05, 4.69) is 29.0 Å². The zero-order valence-corrected chi connectivity index (χ0v) is 11.6. The molecular weight excluding hydrogens is 210 g/mol.